The molecule has 0 amide bonds. The van der Waals surface area contributed by atoms with E-state index in [9.17, 15) is 0 Å². The topological polar surface area (TPSA) is 16.1 Å². The van der Waals surface area contributed by atoms with Crippen LogP contribution in [0.3, 0.4) is 0 Å². The normalized spacial score (nSPS) is 13.7. The van der Waals surface area contributed by atoms with Crippen molar-refractivity contribution in [3.05, 3.63) is 30.1 Å². The Hall–Kier alpha value is -0.890. The summed E-state index contributed by atoms with van der Waals surface area (Å²) in [7, 11) is 2.27. The van der Waals surface area contributed by atoms with E-state index >= 15 is 0 Å². The lowest BCUT2D eigenvalue weighted by molar-refractivity contribution is 0.161. The molecule has 0 aromatic carbocycles. The van der Waals surface area contributed by atoms with Gasteiger partial charge in [0.2, 0.25) is 0 Å². The Kier molecular flexibility index (Phi) is 12.1. The molecule has 1 rings (SSSR count). The van der Waals surface area contributed by atoms with Crippen molar-refractivity contribution < 1.29 is 0 Å². The van der Waals surface area contributed by atoms with Crippen molar-refractivity contribution in [3.63, 3.8) is 0 Å². The molecule has 0 bridgehead atoms. The monoisotopic (exact) mass is 306 g/mol. The largest absolute Gasteiger partial charge is 0.297 e. The van der Waals surface area contributed by atoms with Crippen LogP contribution < -0.4 is 0 Å². The lowest BCUT2D eigenvalue weighted by Crippen LogP contribution is -2.34. The fourth-order valence-corrected chi connectivity index (χ4v) is 2.82. The lowest BCUT2D eigenvalue weighted by atomic mass is 9.97. The molecule has 0 saturated heterocycles. The van der Waals surface area contributed by atoms with E-state index in [1.807, 2.05) is 32.3 Å². The van der Waals surface area contributed by atoms with Crippen molar-refractivity contribution >= 4 is 0 Å². The summed E-state index contributed by atoms with van der Waals surface area (Å²) in [5, 5.41) is 0. The Labute approximate surface area is 139 Å². The Morgan fingerprint density at radius 2 is 1.77 bits per heavy atom. The molecule has 22 heavy (non-hydrogen) atoms. The third-order valence-electron chi connectivity index (χ3n) is 4.29. The summed E-state index contributed by atoms with van der Waals surface area (Å²) in [4.78, 5) is 6.79. The minimum Gasteiger partial charge on any atom is -0.297 e. The van der Waals surface area contributed by atoms with Gasteiger partial charge in [0.15, 0.2) is 0 Å². The summed E-state index contributed by atoms with van der Waals surface area (Å²) >= 11 is 0. The fourth-order valence-electron chi connectivity index (χ4n) is 2.82. The van der Waals surface area contributed by atoms with Gasteiger partial charge in [-0.2, -0.15) is 0 Å². The summed E-state index contributed by atoms with van der Waals surface area (Å²) in [6, 6.07) is 5.35. The second-order valence-corrected chi connectivity index (χ2v) is 6.40. The molecular formula is C20H38N2. The van der Waals surface area contributed by atoms with Crippen LogP contribution in [0.5, 0.6) is 0 Å². The van der Waals surface area contributed by atoms with Crippen LogP contribution in [0.25, 0.3) is 0 Å². The highest BCUT2D eigenvalue weighted by molar-refractivity contribution is 5.13. The number of hydrogen-bond acceptors (Lipinski definition) is 2. The van der Waals surface area contributed by atoms with Gasteiger partial charge in [0, 0.05) is 24.5 Å². The standard InChI is InChI=1S/C18H32N2.C2H6/c1-6-9-18(12-7-10-15(2)3)20(5)16(4)17-11-8-13-19-14-17;1-2/h8,11,13-16,18H,6-7,9-10,12H2,1-5H3;1-2H3/t16?,18-;/m0./s1. The van der Waals surface area contributed by atoms with E-state index in [1.54, 1.807) is 0 Å². The minimum atomic E-state index is 0.444. The Bertz CT molecular complexity index is 348. The van der Waals surface area contributed by atoms with Gasteiger partial charge in [0.25, 0.3) is 0 Å². The van der Waals surface area contributed by atoms with Gasteiger partial charge < -0.3 is 0 Å². The molecule has 1 unspecified atom stereocenters. The zero-order valence-corrected chi connectivity index (χ0v) is 16.0. The average Bonchev–Trinajstić information content (AvgIpc) is 2.55. The van der Waals surface area contributed by atoms with E-state index in [4.69, 9.17) is 0 Å². The molecule has 0 aliphatic rings. The zero-order chi connectivity index (χ0) is 17.0. The highest BCUT2D eigenvalue weighted by atomic mass is 15.2. The van der Waals surface area contributed by atoms with Gasteiger partial charge in [-0.3, -0.25) is 9.88 Å². The van der Waals surface area contributed by atoms with Crippen LogP contribution in [0, 0.1) is 5.92 Å². The molecule has 0 N–H and O–H groups in total. The number of hydrogen-bond donors (Lipinski definition) is 0. The molecule has 0 spiro atoms. The van der Waals surface area contributed by atoms with Crippen molar-refractivity contribution in [1.29, 1.82) is 0 Å². The van der Waals surface area contributed by atoms with Gasteiger partial charge in [0.05, 0.1) is 0 Å². The van der Waals surface area contributed by atoms with E-state index in [0.29, 0.717) is 12.1 Å². The number of nitrogens with zero attached hydrogens (tertiary/aromatic N) is 2. The molecule has 0 aliphatic heterocycles. The number of rotatable bonds is 9. The van der Waals surface area contributed by atoms with Gasteiger partial charge >= 0.3 is 0 Å². The highest BCUT2D eigenvalue weighted by Crippen LogP contribution is 2.25. The van der Waals surface area contributed by atoms with Crippen molar-refractivity contribution in [2.75, 3.05) is 7.05 Å². The zero-order valence-electron chi connectivity index (χ0n) is 16.0. The maximum Gasteiger partial charge on any atom is 0.0335 e. The first-order chi connectivity index (χ1) is 10.6. The summed E-state index contributed by atoms with van der Waals surface area (Å²) in [6.45, 7) is 13.2. The molecular weight excluding hydrogens is 268 g/mol. The van der Waals surface area contributed by atoms with Crippen LogP contribution in [-0.4, -0.2) is 23.0 Å². The summed E-state index contributed by atoms with van der Waals surface area (Å²) in [5.74, 6) is 0.818. The predicted molar refractivity (Wildman–Crippen MR) is 99.1 cm³/mol. The maximum atomic E-state index is 4.25. The molecule has 1 aromatic rings. The van der Waals surface area contributed by atoms with Crippen LogP contribution in [0.2, 0.25) is 0 Å². The van der Waals surface area contributed by atoms with E-state index in [2.05, 4.69) is 50.7 Å². The van der Waals surface area contributed by atoms with E-state index in [0.717, 1.165) is 5.92 Å². The van der Waals surface area contributed by atoms with Crippen molar-refractivity contribution in [1.82, 2.24) is 9.88 Å². The second kappa shape index (κ2) is 12.6. The first kappa shape index (κ1) is 21.1. The van der Waals surface area contributed by atoms with Crippen LogP contribution in [0.1, 0.15) is 85.3 Å². The Morgan fingerprint density at radius 1 is 1.09 bits per heavy atom. The maximum absolute atomic E-state index is 4.25. The smallest absolute Gasteiger partial charge is 0.0335 e. The molecule has 128 valence electrons. The third-order valence-corrected chi connectivity index (χ3v) is 4.29. The van der Waals surface area contributed by atoms with E-state index in [-0.39, 0.29) is 0 Å². The molecule has 1 heterocycles. The van der Waals surface area contributed by atoms with Gasteiger partial charge in [0.1, 0.15) is 0 Å². The minimum absolute atomic E-state index is 0.444. The first-order valence-corrected chi connectivity index (χ1v) is 9.18. The van der Waals surface area contributed by atoms with Crippen LogP contribution in [0.4, 0.5) is 0 Å². The fraction of sp³-hybridized carbons (Fsp3) is 0.750. The molecule has 2 atom stereocenters. The summed E-state index contributed by atoms with van der Waals surface area (Å²) in [6.07, 6.45) is 10.4. The number of pyridine rings is 1. The Balaban J connectivity index is 0.00000211. The van der Waals surface area contributed by atoms with Crippen LogP contribution in [-0.2, 0) is 0 Å². The highest BCUT2D eigenvalue weighted by Gasteiger charge is 2.20. The lowest BCUT2D eigenvalue weighted by Gasteiger charge is -2.33. The van der Waals surface area contributed by atoms with Gasteiger partial charge in [-0.15, -0.1) is 0 Å². The first-order valence-electron chi connectivity index (χ1n) is 9.18. The molecule has 2 nitrogen and oxygen atoms in total. The average molecular weight is 307 g/mol. The van der Waals surface area contributed by atoms with Crippen LogP contribution in [0.15, 0.2) is 24.5 Å². The Morgan fingerprint density at radius 3 is 2.27 bits per heavy atom. The summed E-state index contributed by atoms with van der Waals surface area (Å²) < 4.78 is 0. The van der Waals surface area contributed by atoms with Gasteiger partial charge in [-0.1, -0.05) is 59.9 Å². The molecule has 2 heteroatoms. The summed E-state index contributed by atoms with van der Waals surface area (Å²) in [5.41, 5.74) is 1.32. The molecule has 0 aliphatic carbocycles. The molecule has 0 radical (unpaired) electrons. The van der Waals surface area contributed by atoms with Gasteiger partial charge in [-0.25, -0.2) is 0 Å². The third kappa shape index (κ3) is 7.93. The predicted octanol–water partition coefficient (Wildman–Crippen LogP) is 6.10. The second-order valence-electron chi connectivity index (χ2n) is 6.40. The van der Waals surface area contributed by atoms with Crippen LogP contribution >= 0.6 is 0 Å². The van der Waals surface area contributed by atoms with Gasteiger partial charge in [-0.05, 0) is 44.4 Å². The molecule has 0 saturated carbocycles. The van der Waals surface area contributed by atoms with Crippen molar-refractivity contribution in [3.8, 4) is 0 Å². The van der Waals surface area contributed by atoms with E-state index < -0.39 is 0 Å². The molecule has 0 fully saturated rings. The van der Waals surface area contributed by atoms with Crippen molar-refractivity contribution in [2.45, 2.75) is 85.7 Å². The quantitative estimate of drug-likeness (QED) is 0.548. The van der Waals surface area contributed by atoms with Crippen molar-refractivity contribution in [2.24, 2.45) is 5.92 Å². The number of aromatic nitrogens is 1. The van der Waals surface area contributed by atoms with E-state index in [1.165, 1.54) is 37.7 Å². The molecule has 1 aromatic heterocycles. The SMILES string of the molecule is CC.CCC[C@@H](CCCC(C)C)N(C)C(C)c1cccnc1.